The Kier molecular flexibility index (Phi) is 3.65. The maximum Gasteiger partial charge on any atom is 0.239 e. The van der Waals surface area contributed by atoms with Crippen molar-refractivity contribution >= 4 is 5.91 Å². The first-order valence-corrected chi connectivity index (χ1v) is 4.74. The van der Waals surface area contributed by atoms with Gasteiger partial charge < -0.3 is 11.1 Å². The van der Waals surface area contributed by atoms with Crippen molar-refractivity contribution in [2.45, 2.75) is 19.4 Å². The second-order valence-electron chi connectivity index (χ2n) is 3.22. The number of benzene rings is 1. The number of aryl methyl sites for hydroxylation is 1. The van der Waals surface area contributed by atoms with Gasteiger partial charge in [0.2, 0.25) is 5.91 Å². The van der Waals surface area contributed by atoms with Gasteiger partial charge >= 0.3 is 0 Å². The Morgan fingerprint density at radius 3 is 2.36 bits per heavy atom. The summed E-state index contributed by atoms with van der Waals surface area (Å²) < 4.78 is 0. The van der Waals surface area contributed by atoms with Gasteiger partial charge in [-0.2, -0.15) is 0 Å². The van der Waals surface area contributed by atoms with Gasteiger partial charge in [0.15, 0.2) is 0 Å². The minimum Gasteiger partial charge on any atom is -0.368 e. The Labute approximate surface area is 84.3 Å². The number of carbonyl (C=O) groups excluding carboxylic acids is 1. The van der Waals surface area contributed by atoms with Crippen LogP contribution in [-0.2, 0) is 11.2 Å². The number of nitrogens with one attached hydrogen (secondary N) is 1. The highest BCUT2D eigenvalue weighted by atomic mass is 16.1. The first-order chi connectivity index (χ1) is 6.69. The van der Waals surface area contributed by atoms with Crippen LogP contribution in [0.25, 0.3) is 0 Å². The molecule has 0 aliphatic rings. The predicted octanol–water partition coefficient (Wildman–Crippen LogP) is 0.995. The van der Waals surface area contributed by atoms with E-state index in [1.807, 2.05) is 24.3 Å². The van der Waals surface area contributed by atoms with Crippen molar-refractivity contribution in [2.75, 3.05) is 7.05 Å². The van der Waals surface area contributed by atoms with Crippen molar-refractivity contribution in [2.24, 2.45) is 5.73 Å². The molecule has 1 amide bonds. The molecular weight excluding hydrogens is 176 g/mol. The number of carbonyl (C=O) groups is 1. The van der Waals surface area contributed by atoms with Crippen LogP contribution >= 0.6 is 0 Å². The molecule has 0 saturated carbocycles. The number of hydrogen-bond acceptors (Lipinski definition) is 2. The molecule has 0 spiro atoms. The van der Waals surface area contributed by atoms with Crippen molar-refractivity contribution in [1.29, 1.82) is 0 Å². The molecule has 1 unspecified atom stereocenters. The molecule has 14 heavy (non-hydrogen) atoms. The molecule has 1 aromatic carbocycles. The predicted molar refractivity (Wildman–Crippen MR) is 56.8 cm³/mol. The lowest BCUT2D eigenvalue weighted by Gasteiger charge is -2.12. The zero-order valence-electron chi connectivity index (χ0n) is 8.58. The van der Waals surface area contributed by atoms with E-state index in [1.165, 1.54) is 5.56 Å². The Morgan fingerprint density at radius 2 is 2.00 bits per heavy atom. The van der Waals surface area contributed by atoms with Gasteiger partial charge in [-0.1, -0.05) is 31.2 Å². The Bertz CT molecular complexity index is 306. The molecule has 0 saturated heterocycles. The second-order valence-corrected chi connectivity index (χ2v) is 3.22. The fourth-order valence-corrected chi connectivity index (χ4v) is 1.42. The van der Waals surface area contributed by atoms with Gasteiger partial charge in [0.1, 0.15) is 6.04 Å². The van der Waals surface area contributed by atoms with Gasteiger partial charge in [0, 0.05) is 0 Å². The van der Waals surface area contributed by atoms with Crippen LogP contribution in [0.1, 0.15) is 24.1 Å². The average Bonchev–Trinajstić information content (AvgIpc) is 2.19. The highest BCUT2D eigenvalue weighted by Crippen LogP contribution is 2.13. The van der Waals surface area contributed by atoms with E-state index in [0.717, 1.165) is 12.0 Å². The number of likely N-dealkylation sites (N-methyl/N-ethyl adjacent to an activating group) is 1. The molecule has 1 rings (SSSR count). The Morgan fingerprint density at radius 1 is 1.43 bits per heavy atom. The van der Waals surface area contributed by atoms with E-state index >= 15 is 0 Å². The summed E-state index contributed by atoms with van der Waals surface area (Å²) in [6, 6.07) is 7.52. The van der Waals surface area contributed by atoms with Gasteiger partial charge in [-0.05, 0) is 24.6 Å². The number of rotatable bonds is 4. The van der Waals surface area contributed by atoms with E-state index in [0.29, 0.717) is 0 Å². The van der Waals surface area contributed by atoms with Crippen LogP contribution < -0.4 is 11.1 Å². The van der Waals surface area contributed by atoms with Crippen LogP contribution in [0.5, 0.6) is 0 Å². The summed E-state index contributed by atoms with van der Waals surface area (Å²) in [5.41, 5.74) is 7.42. The third-order valence-electron chi connectivity index (χ3n) is 2.29. The Hall–Kier alpha value is -1.35. The molecule has 1 aromatic rings. The van der Waals surface area contributed by atoms with Crippen molar-refractivity contribution < 1.29 is 4.79 Å². The maximum absolute atomic E-state index is 11.0. The van der Waals surface area contributed by atoms with Crippen molar-refractivity contribution in [1.82, 2.24) is 5.32 Å². The molecule has 0 aliphatic carbocycles. The highest BCUT2D eigenvalue weighted by Gasteiger charge is 2.14. The zero-order chi connectivity index (χ0) is 10.6. The summed E-state index contributed by atoms with van der Waals surface area (Å²) in [6.07, 6.45) is 1.00. The molecule has 3 N–H and O–H groups in total. The van der Waals surface area contributed by atoms with Crippen LogP contribution in [0.15, 0.2) is 24.3 Å². The minimum atomic E-state index is -0.388. The molecule has 3 nitrogen and oxygen atoms in total. The van der Waals surface area contributed by atoms with Gasteiger partial charge in [-0.3, -0.25) is 4.79 Å². The van der Waals surface area contributed by atoms with Crippen LogP contribution in [0, 0.1) is 0 Å². The second kappa shape index (κ2) is 4.77. The van der Waals surface area contributed by atoms with E-state index in [9.17, 15) is 4.79 Å². The van der Waals surface area contributed by atoms with E-state index in [2.05, 4.69) is 12.2 Å². The van der Waals surface area contributed by atoms with Crippen molar-refractivity contribution in [3.05, 3.63) is 35.4 Å². The SMILES string of the molecule is CCc1ccc(C(NC)C(N)=O)cc1. The first-order valence-electron chi connectivity index (χ1n) is 4.74. The van der Waals surface area contributed by atoms with E-state index in [1.54, 1.807) is 7.05 Å². The van der Waals surface area contributed by atoms with E-state index in [4.69, 9.17) is 5.73 Å². The molecule has 1 atom stereocenters. The molecule has 3 heteroatoms. The number of amides is 1. The monoisotopic (exact) mass is 192 g/mol. The molecule has 0 aromatic heterocycles. The molecule has 0 radical (unpaired) electrons. The molecule has 0 bridgehead atoms. The van der Waals surface area contributed by atoms with Crippen molar-refractivity contribution in [3.63, 3.8) is 0 Å². The highest BCUT2D eigenvalue weighted by molar-refractivity contribution is 5.81. The summed E-state index contributed by atoms with van der Waals surface area (Å²) in [6.45, 7) is 2.10. The lowest BCUT2D eigenvalue weighted by molar-refractivity contribution is -0.120. The van der Waals surface area contributed by atoms with Crippen LogP contribution in [0.4, 0.5) is 0 Å². The smallest absolute Gasteiger partial charge is 0.239 e. The molecule has 76 valence electrons. The van der Waals surface area contributed by atoms with Gasteiger partial charge in [-0.15, -0.1) is 0 Å². The average molecular weight is 192 g/mol. The maximum atomic E-state index is 11.0. The van der Waals surface area contributed by atoms with Crippen LogP contribution in [-0.4, -0.2) is 13.0 Å². The van der Waals surface area contributed by atoms with Crippen LogP contribution in [0.2, 0.25) is 0 Å². The normalized spacial score (nSPS) is 12.4. The first kappa shape index (κ1) is 10.7. The number of hydrogen-bond donors (Lipinski definition) is 2. The third-order valence-corrected chi connectivity index (χ3v) is 2.29. The lowest BCUT2D eigenvalue weighted by Crippen LogP contribution is -2.31. The summed E-state index contributed by atoms with van der Waals surface area (Å²) in [5.74, 6) is -0.350. The zero-order valence-corrected chi connectivity index (χ0v) is 8.58. The molecular formula is C11H16N2O. The summed E-state index contributed by atoms with van der Waals surface area (Å²) >= 11 is 0. The largest absolute Gasteiger partial charge is 0.368 e. The van der Waals surface area contributed by atoms with Gasteiger partial charge in [0.05, 0.1) is 0 Å². The van der Waals surface area contributed by atoms with Crippen molar-refractivity contribution in [3.8, 4) is 0 Å². The molecule has 0 fully saturated rings. The summed E-state index contributed by atoms with van der Waals surface area (Å²) in [7, 11) is 1.73. The third kappa shape index (κ3) is 2.33. The van der Waals surface area contributed by atoms with E-state index in [-0.39, 0.29) is 11.9 Å². The van der Waals surface area contributed by atoms with E-state index < -0.39 is 0 Å². The molecule has 0 heterocycles. The Balaban J connectivity index is 2.89. The lowest BCUT2D eigenvalue weighted by atomic mass is 10.0. The van der Waals surface area contributed by atoms with Crippen LogP contribution in [0.3, 0.4) is 0 Å². The quantitative estimate of drug-likeness (QED) is 0.747. The fraction of sp³-hybridized carbons (Fsp3) is 0.364. The standard InChI is InChI=1S/C11H16N2O/c1-3-8-4-6-9(7-5-8)10(13-2)11(12)14/h4-7,10,13H,3H2,1-2H3,(H2,12,14). The minimum absolute atomic E-state index is 0.350. The summed E-state index contributed by atoms with van der Waals surface area (Å²) in [5, 5.41) is 2.88. The topological polar surface area (TPSA) is 55.1 Å². The fourth-order valence-electron chi connectivity index (χ4n) is 1.42. The van der Waals surface area contributed by atoms with Gasteiger partial charge in [-0.25, -0.2) is 0 Å². The van der Waals surface area contributed by atoms with Gasteiger partial charge in [0.25, 0.3) is 0 Å². The number of primary amides is 1. The summed E-state index contributed by atoms with van der Waals surface area (Å²) in [4.78, 5) is 11.0. The number of nitrogens with two attached hydrogens (primary N) is 1. The molecule has 0 aliphatic heterocycles.